The molecule has 6 rings (SSSR count). The molecule has 3 aromatic heterocycles. The van der Waals surface area contributed by atoms with Gasteiger partial charge in [0.05, 0.1) is 28.6 Å². The van der Waals surface area contributed by atoms with Crippen molar-refractivity contribution in [3.63, 3.8) is 0 Å². The van der Waals surface area contributed by atoms with Gasteiger partial charge in [-0.25, -0.2) is 15.0 Å². The number of aliphatic hydroxyl groups is 1. The highest BCUT2D eigenvalue weighted by molar-refractivity contribution is 5.86. The third-order valence-corrected chi connectivity index (χ3v) is 8.61. The van der Waals surface area contributed by atoms with E-state index in [1.165, 1.54) is 31.2 Å². The number of anilines is 1. The van der Waals surface area contributed by atoms with Crippen molar-refractivity contribution in [2.45, 2.75) is 82.9 Å². The summed E-state index contributed by atoms with van der Waals surface area (Å²) in [6, 6.07) is 9.18. The average molecular weight is 502 g/mol. The molecule has 0 saturated heterocycles. The quantitative estimate of drug-likeness (QED) is 0.296. The number of hydrogen-bond donors (Lipinski definition) is 4. The van der Waals surface area contributed by atoms with Gasteiger partial charge < -0.3 is 25.7 Å². The van der Waals surface area contributed by atoms with Crippen LogP contribution in [0.3, 0.4) is 0 Å². The largest absolute Gasteiger partial charge is 0.391 e. The van der Waals surface area contributed by atoms with E-state index < -0.39 is 0 Å². The summed E-state index contributed by atoms with van der Waals surface area (Å²) in [5.41, 5.74) is 10.5. The summed E-state index contributed by atoms with van der Waals surface area (Å²) in [7, 11) is 0. The molecule has 3 heterocycles. The molecule has 2 aliphatic carbocycles. The fourth-order valence-electron chi connectivity index (χ4n) is 6.27. The second kappa shape index (κ2) is 9.40. The molecule has 2 aliphatic rings. The summed E-state index contributed by atoms with van der Waals surface area (Å²) in [6.07, 6.45) is 9.53. The summed E-state index contributed by atoms with van der Waals surface area (Å²) < 4.78 is 2.08. The molecule has 0 aliphatic heterocycles. The number of fused-ring (bicyclic) bond motifs is 2. The number of nitrogen functional groups attached to an aromatic ring is 1. The first-order valence-corrected chi connectivity index (χ1v) is 13.7. The van der Waals surface area contributed by atoms with Crippen molar-refractivity contribution in [2.75, 3.05) is 12.3 Å². The highest BCUT2D eigenvalue weighted by atomic mass is 16.3. The molecular formula is C29H39N7O. The maximum Gasteiger partial charge on any atom is 0.145 e. The smallest absolute Gasteiger partial charge is 0.145 e. The fourth-order valence-corrected chi connectivity index (χ4v) is 6.27. The Hall–Kier alpha value is -2.97. The summed E-state index contributed by atoms with van der Waals surface area (Å²) in [6.45, 7) is 7.69. The van der Waals surface area contributed by atoms with Gasteiger partial charge in [0.1, 0.15) is 23.6 Å². The Bertz CT molecular complexity index is 1390. The molecule has 37 heavy (non-hydrogen) atoms. The highest BCUT2D eigenvalue weighted by Gasteiger charge is 2.36. The molecule has 5 N–H and O–H groups in total. The first-order valence-electron chi connectivity index (χ1n) is 13.7. The Labute approximate surface area is 218 Å². The Balaban J connectivity index is 0.962. The lowest BCUT2D eigenvalue weighted by molar-refractivity contribution is 0.135. The third-order valence-electron chi connectivity index (χ3n) is 8.61. The van der Waals surface area contributed by atoms with Gasteiger partial charge in [0.25, 0.3) is 0 Å². The minimum absolute atomic E-state index is 0.0380. The zero-order chi connectivity index (χ0) is 25.7. The number of benzene rings is 1. The van der Waals surface area contributed by atoms with Crippen LogP contribution in [0.1, 0.15) is 70.3 Å². The lowest BCUT2D eigenvalue weighted by Crippen LogP contribution is -2.43. The summed E-state index contributed by atoms with van der Waals surface area (Å²) >= 11 is 0. The van der Waals surface area contributed by atoms with Gasteiger partial charge in [-0.3, -0.25) is 0 Å². The monoisotopic (exact) mass is 501 g/mol. The number of aliphatic hydroxyl groups excluding tert-OH is 1. The topological polar surface area (TPSA) is 118 Å². The van der Waals surface area contributed by atoms with E-state index in [0.717, 1.165) is 59.6 Å². The summed E-state index contributed by atoms with van der Waals surface area (Å²) in [5, 5.41) is 15.4. The van der Waals surface area contributed by atoms with Gasteiger partial charge in [-0.2, -0.15) is 0 Å². The van der Waals surface area contributed by atoms with Gasteiger partial charge in [-0.05, 0) is 79.7 Å². The molecule has 1 aromatic carbocycles. The standard InChI is InChI=1S/C29H39N7O/c1-29(2,3)19-5-6-22-23(14-19)35-26(34-22)7-4-17-10-20(11-17)31-15-18-12-24(25(37)13-18)36-9-8-21-27(30)32-16-33-28(21)36/h5-6,8-9,14,16-18,20,24-25,31,37H,4,7,10-13,15H2,1-3H3,(H,34,35)(H2,30,32,33)/t17?,18-,20?,24+,25+/m0/s1. The molecule has 2 fully saturated rings. The first-order chi connectivity index (χ1) is 17.7. The Kier molecular flexibility index (Phi) is 6.19. The second-order valence-corrected chi connectivity index (χ2v) is 12.3. The van der Waals surface area contributed by atoms with E-state index in [2.05, 4.69) is 63.8 Å². The first kappa shape index (κ1) is 24.4. The average Bonchev–Trinajstić information content (AvgIpc) is 3.53. The van der Waals surface area contributed by atoms with E-state index in [1.54, 1.807) is 0 Å². The van der Waals surface area contributed by atoms with Crippen molar-refractivity contribution < 1.29 is 5.11 Å². The van der Waals surface area contributed by atoms with Crippen LogP contribution in [0.5, 0.6) is 0 Å². The number of aryl methyl sites for hydroxylation is 1. The maximum atomic E-state index is 10.8. The van der Waals surface area contributed by atoms with Crippen molar-refractivity contribution in [3.8, 4) is 0 Å². The molecular weight excluding hydrogens is 462 g/mol. The summed E-state index contributed by atoms with van der Waals surface area (Å²) in [5.74, 6) is 2.82. The molecule has 0 spiro atoms. The Morgan fingerprint density at radius 1 is 1.11 bits per heavy atom. The molecule has 0 radical (unpaired) electrons. The highest BCUT2D eigenvalue weighted by Crippen LogP contribution is 2.38. The van der Waals surface area contributed by atoms with Gasteiger partial charge in [-0.1, -0.05) is 26.8 Å². The second-order valence-electron chi connectivity index (χ2n) is 12.3. The molecule has 0 bridgehead atoms. The molecule has 3 atom stereocenters. The normalized spacial score (nSPS) is 26.2. The Morgan fingerprint density at radius 3 is 2.76 bits per heavy atom. The van der Waals surface area contributed by atoms with Crippen LogP contribution in [0.4, 0.5) is 5.82 Å². The number of hydrogen-bond acceptors (Lipinski definition) is 6. The number of H-pyrrole nitrogens is 1. The van der Waals surface area contributed by atoms with E-state index in [1.807, 2.05) is 12.3 Å². The molecule has 0 amide bonds. The fraction of sp³-hybridized carbons (Fsp3) is 0.552. The number of aromatic amines is 1. The van der Waals surface area contributed by atoms with Crippen LogP contribution in [0.2, 0.25) is 0 Å². The molecule has 0 unspecified atom stereocenters. The van der Waals surface area contributed by atoms with Crippen LogP contribution >= 0.6 is 0 Å². The summed E-state index contributed by atoms with van der Waals surface area (Å²) in [4.78, 5) is 16.9. The van der Waals surface area contributed by atoms with Gasteiger partial charge in [0, 0.05) is 18.7 Å². The van der Waals surface area contributed by atoms with Crippen LogP contribution in [-0.2, 0) is 11.8 Å². The molecule has 4 aromatic rings. The van der Waals surface area contributed by atoms with E-state index in [4.69, 9.17) is 10.7 Å². The number of aromatic nitrogens is 5. The third kappa shape index (κ3) is 4.84. The van der Waals surface area contributed by atoms with Crippen molar-refractivity contribution in [1.29, 1.82) is 0 Å². The van der Waals surface area contributed by atoms with Crippen LogP contribution in [0, 0.1) is 11.8 Å². The predicted octanol–water partition coefficient (Wildman–Crippen LogP) is 4.50. The van der Waals surface area contributed by atoms with E-state index in [0.29, 0.717) is 17.8 Å². The van der Waals surface area contributed by atoms with Gasteiger partial charge in [0.2, 0.25) is 0 Å². The van der Waals surface area contributed by atoms with Crippen molar-refractivity contribution in [1.82, 2.24) is 29.8 Å². The number of nitrogens with zero attached hydrogens (tertiary/aromatic N) is 4. The van der Waals surface area contributed by atoms with Crippen LogP contribution in [0.15, 0.2) is 36.8 Å². The zero-order valence-electron chi connectivity index (χ0n) is 22.1. The lowest BCUT2D eigenvalue weighted by Gasteiger charge is -2.36. The molecule has 8 nitrogen and oxygen atoms in total. The van der Waals surface area contributed by atoms with E-state index in [9.17, 15) is 5.11 Å². The zero-order valence-corrected chi connectivity index (χ0v) is 22.1. The number of nitrogens with one attached hydrogen (secondary N) is 2. The predicted molar refractivity (Wildman–Crippen MR) is 147 cm³/mol. The number of rotatable bonds is 7. The van der Waals surface area contributed by atoms with Crippen LogP contribution in [-0.4, -0.2) is 48.3 Å². The number of nitrogens with two attached hydrogens (primary N) is 1. The van der Waals surface area contributed by atoms with E-state index >= 15 is 0 Å². The molecule has 2 saturated carbocycles. The van der Waals surface area contributed by atoms with E-state index in [-0.39, 0.29) is 17.6 Å². The Morgan fingerprint density at radius 2 is 1.95 bits per heavy atom. The molecule has 196 valence electrons. The van der Waals surface area contributed by atoms with Gasteiger partial charge >= 0.3 is 0 Å². The molecule has 8 heteroatoms. The lowest BCUT2D eigenvalue weighted by atomic mass is 9.77. The minimum Gasteiger partial charge on any atom is -0.391 e. The van der Waals surface area contributed by atoms with Gasteiger partial charge in [0.15, 0.2) is 0 Å². The minimum atomic E-state index is -0.365. The maximum absolute atomic E-state index is 10.8. The SMILES string of the molecule is CC(C)(C)c1ccc2[nH]c(CCC3CC(NC[C@@H]4C[C@@H](O)[C@H](n5ccc6c(N)ncnc65)C4)C3)nc2c1. The van der Waals surface area contributed by atoms with Crippen molar-refractivity contribution in [3.05, 3.63) is 48.2 Å². The van der Waals surface area contributed by atoms with Crippen LogP contribution in [0.25, 0.3) is 22.1 Å². The number of imidazole rings is 1. The van der Waals surface area contributed by atoms with Gasteiger partial charge in [-0.15, -0.1) is 0 Å². The van der Waals surface area contributed by atoms with Crippen LogP contribution < -0.4 is 11.1 Å². The van der Waals surface area contributed by atoms with Crippen molar-refractivity contribution >= 4 is 27.9 Å². The van der Waals surface area contributed by atoms with Crippen molar-refractivity contribution in [2.24, 2.45) is 11.8 Å².